The number of phenolic OH excluding ortho intramolecular Hbond substituents is 1. The van der Waals surface area contributed by atoms with E-state index in [2.05, 4.69) is 0 Å². The Labute approximate surface area is 133 Å². The highest BCUT2D eigenvalue weighted by Crippen LogP contribution is 2.28. The van der Waals surface area contributed by atoms with Crippen LogP contribution in [0.25, 0.3) is 21.9 Å². The number of fused-ring (bicyclic) bond motifs is 2. The lowest BCUT2D eigenvalue weighted by Gasteiger charge is -2.10. The van der Waals surface area contributed by atoms with Crippen molar-refractivity contribution in [2.45, 2.75) is 20.3 Å². The molecule has 1 heterocycles. The average Bonchev–Trinajstić information content (AvgIpc) is 2.54. The molecule has 0 spiro atoms. The van der Waals surface area contributed by atoms with Gasteiger partial charge in [-0.2, -0.15) is 0 Å². The zero-order valence-electron chi connectivity index (χ0n) is 13.1. The van der Waals surface area contributed by atoms with E-state index in [1.54, 1.807) is 18.2 Å². The quantitative estimate of drug-likeness (QED) is 0.574. The van der Waals surface area contributed by atoms with Crippen LogP contribution in [0.15, 0.2) is 51.2 Å². The highest BCUT2D eigenvalue weighted by atomic mass is 16.3. The van der Waals surface area contributed by atoms with Crippen molar-refractivity contribution in [3.8, 4) is 5.75 Å². The van der Waals surface area contributed by atoms with Crippen molar-refractivity contribution in [3.05, 3.63) is 63.3 Å². The van der Waals surface area contributed by atoms with Gasteiger partial charge in [-0.05, 0) is 49.6 Å². The third kappa shape index (κ3) is 2.62. The number of aromatic hydroxyl groups is 1. The van der Waals surface area contributed by atoms with Crippen molar-refractivity contribution in [1.82, 2.24) is 0 Å². The molecular formula is C19H18O4. The largest absolute Gasteiger partial charge is 0.507 e. The van der Waals surface area contributed by atoms with Crippen molar-refractivity contribution in [1.29, 1.82) is 0 Å². The molecule has 0 saturated heterocycles. The van der Waals surface area contributed by atoms with Gasteiger partial charge < -0.3 is 14.6 Å². The van der Waals surface area contributed by atoms with Gasteiger partial charge in [0.25, 0.3) is 0 Å². The zero-order valence-corrected chi connectivity index (χ0v) is 13.1. The topological polar surface area (TPSA) is 70.7 Å². The molecular weight excluding hydrogens is 292 g/mol. The predicted octanol–water partition coefficient (Wildman–Crippen LogP) is 3.44. The Hall–Kier alpha value is -2.59. The molecule has 23 heavy (non-hydrogen) atoms. The number of aryl methyl sites for hydroxylation is 1. The Morgan fingerprint density at radius 2 is 1.91 bits per heavy atom. The van der Waals surface area contributed by atoms with Gasteiger partial charge in [-0.25, -0.2) is 0 Å². The first-order valence-corrected chi connectivity index (χ1v) is 7.46. The van der Waals surface area contributed by atoms with Crippen LogP contribution in [0.5, 0.6) is 5.75 Å². The summed E-state index contributed by atoms with van der Waals surface area (Å²) in [5.74, 6) is -0.0762. The monoisotopic (exact) mass is 310 g/mol. The van der Waals surface area contributed by atoms with E-state index in [0.717, 1.165) is 16.7 Å². The molecule has 0 bridgehead atoms. The molecule has 0 unspecified atom stereocenters. The molecule has 2 N–H and O–H groups in total. The Kier molecular flexibility index (Phi) is 3.92. The number of allylic oxidation sites excluding steroid dienone is 1. The van der Waals surface area contributed by atoms with Crippen LogP contribution in [0, 0.1) is 6.92 Å². The van der Waals surface area contributed by atoms with Gasteiger partial charge in [0.2, 0.25) is 5.43 Å². The van der Waals surface area contributed by atoms with Crippen molar-refractivity contribution in [2.24, 2.45) is 0 Å². The minimum Gasteiger partial charge on any atom is -0.507 e. The van der Waals surface area contributed by atoms with Gasteiger partial charge in [-0.15, -0.1) is 0 Å². The highest BCUT2D eigenvalue weighted by Gasteiger charge is 2.15. The summed E-state index contributed by atoms with van der Waals surface area (Å²) in [5, 5.41) is 19.9. The number of aliphatic hydroxyl groups is 1. The average molecular weight is 310 g/mol. The molecule has 1 aromatic heterocycles. The van der Waals surface area contributed by atoms with E-state index < -0.39 is 0 Å². The molecule has 0 aliphatic rings. The first kappa shape index (κ1) is 15.3. The smallest absolute Gasteiger partial charge is 0.204 e. The van der Waals surface area contributed by atoms with E-state index in [9.17, 15) is 9.90 Å². The summed E-state index contributed by atoms with van der Waals surface area (Å²) in [6.45, 7) is 3.76. The molecule has 4 heteroatoms. The Morgan fingerprint density at radius 1 is 1.17 bits per heavy atom. The van der Waals surface area contributed by atoms with Gasteiger partial charge in [0.15, 0.2) is 0 Å². The molecule has 0 saturated carbocycles. The predicted molar refractivity (Wildman–Crippen MR) is 90.9 cm³/mol. The lowest BCUT2D eigenvalue weighted by Crippen LogP contribution is -2.07. The maximum Gasteiger partial charge on any atom is 0.204 e. The molecule has 0 aliphatic heterocycles. The second-order valence-electron chi connectivity index (χ2n) is 5.73. The maximum absolute atomic E-state index is 12.9. The fourth-order valence-electron chi connectivity index (χ4n) is 2.74. The van der Waals surface area contributed by atoms with E-state index in [0.29, 0.717) is 23.0 Å². The second kappa shape index (κ2) is 5.89. The van der Waals surface area contributed by atoms with E-state index in [-0.39, 0.29) is 23.2 Å². The normalized spacial score (nSPS) is 12.2. The summed E-state index contributed by atoms with van der Waals surface area (Å²) in [4.78, 5) is 12.9. The summed E-state index contributed by atoms with van der Waals surface area (Å²) < 4.78 is 5.81. The Morgan fingerprint density at radius 3 is 2.65 bits per heavy atom. The van der Waals surface area contributed by atoms with E-state index >= 15 is 0 Å². The second-order valence-corrected chi connectivity index (χ2v) is 5.73. The molecule has 3 aromatic rings. The van der Waals surface area contributed by atoms with Crippen LogP contribution in [-0.2, 0) is 6.42 Å². The number of benzene rings is 2. The van der Waals surface area contributed by atoms with Gasteiger partial charge in [0.05, 0.1) is 12.0 Å². The number of aliphatic hydroxyl groups excluding tert-OH is 1. The fourth-order valence-corrected chi connectivity index (χ4v) is 2.74. The van der Waals surface area contributed by atoms with Crippen molar-refractivity contribution < 1.29 is 14.6 Å². The Bertz CT molecular complexity index is 980. The first-order valence-electron chi connectivity index (χ1n) is 7.46. The SMILES string of the molecule is C/C(=C/Cc1c(C)ccc2oc3cccc(O)c3c(=O)c12)CO. The summed E-state index contributed by atoms with van der Waals surface area (Å²) in [6.07, 6.45) is 2.43. The molecule has 2 aromatic carbocycles. The molecule has 3 rings (SSSR count). The summed E-state index contributed by atoms with van der Waals surface area (Å²) in [5.41, 5.74) is 3.32. The van der Waals surface area contributed by atoms with Crippen molar-refractivity contribution in [2.75, 3.05) is 6.61 Å². The molecule has 0 fully saturated rings. The van der Waals surface area contributed by atoms with Gasteiger partial charge >= 0.3 is 0 Å². The number of phenols is 1. The van der Waals surface area contributed by atoms with Gasteiger partial charge in [-0.1, -0.05) is 23.8 Å². The Balaban J connectivity index is 2.38. The zero-order chi connectivity index (χ0) is 16.6. The van der Waals surface area contributed by atoms with E-state index in [4.69, 9.17) is 9.52 Å². The van der Waals surface area contributed by atoms with Crippen LogP contribution in [-0.4, -0.2) is 16.8 Å². The molecule has 118 valence electrons. The van der Waals surface area contributed by atoms with E-state index in [1.165, 1.54) is 6.07 Å². The lowest BCUT2D eigenvalue weighted by molar-refractivity contribution is 0.331. The minimum atomic E-state index is -0.229. The van der Waals surface area contributed by atoms with Gasteiger partial charge in [-0.3, -0.25) is 4.79 Å². The highest BCUT2D eigenvalue weighted by molar-refractivity contribution is 5.94. The molecule has 0 aliphatic carbocycles. The van der Waals surface area contributed by atoms with Crippen LogP contribution in [0.4, 0.5) is 0 Å². The third-order valence-electron chi connectivity index (χ3n) is 4.09. The molecule has 0 amide bonds. The van der Waals surface area contributed by atoms with Crippen LogP contribution in [0.2, 0.25) is 0 Å². The molecule has 4 nitrogen and oxygen atoms in total. The van der Waals surface area contributed by atoms with Crippen LogP contribution < -0.4 is 5.43 Å². The van der Waals surface area contributed by atoms with Crippen LogP contribution in [0.1, 0.15) is 18.1 Å². The lowest BCUT2D eigenvalue weighted by atomic mass is 9.98. The fraction of sp³-hybridized carbons (Fsp3) is 0.211. The standard InChI is InChI=1S/C19H18O4/c1-11(10-20)6-8-13-12(2)7-9-16-17(13)19(22)18-14(21)4-3-5-15(18)23-16/h3-7,9,20-21H,8,10H2,1-2H3/b11-6-. The van der Waals surface area contributed by atoms with Gasteiger partial charge in [0.1, 0.15) is 22.3 Å². The third-order valence-corrected chi connectivity index (χ3v) is 4.09. The molecule has 0 radical (unpaired) electrons. The van der Waals surface area contributed by atoms with Crippen molar-refractivity contribution >= 4 is 21.9 Å². The van der Waals surface area contributed by atoms with Gasteiger partial charge in [0, 0.05) is 0 Å². The van der Waals surface area contributed by atoms with Crippen LogP contribution >= 0.6 is 0 Å². The minimum absolute atomic E-state index is 0.0118. The summed E-state index contributed by atoms with van der Waals surface area (Å²) in [6, 6.07) is 8.50. The summed E-state index contributed by atoms with van der Waals surface area (Å²) in [7, 11) is 0. The number of hydrogen-bond acceptors (Lipinski definition) is 4. The number of rotatable bonds is 3. The first-order chi connectivity index (χ1) is 11.0. The molecule has 0 atom stereocenters. The van der Waals surface area contributed by atoms with Crippen LogP contribution in [0.3, 0.4) is 0 Å². The number of hydrogen-bond donors (Lipinski definition) is 2. The van der Waals surface area contributed by atoms with Crippen molar-refractivity contribution in [3.63, 3.8) is 0 Å². The summed E-state index contributed by atoms with van der Waals surface area (Å²) >= 11 is 0. The maximum atomic E-state index is 12.9. The van der Waals surface area contributed by atoms with E-state index in [1.807, 2.05) is 26.0 Å².